The van der Waals surface area contributed by atoms with Crippen molar-refractivity contribution in [1.29, 1.82) is 0 Å². The van der Waals surface area contributed by atoms with Gasteiger partial charge in [-0.3, -0.25) is 9.59 Å². The molecule has 1 fully saturated rings. The van der Waals surface area contributed by atoms with Crippen molar-refractivity contribution in [1.82, 2.24) is 5.32 Å². The Hall–Kier alpha value is -1.10. The van der Waals surface area contributed by atoms with Gasteiger partial charge in [-0.2, -0.15) is 0 Å². The van der Waals surface area contributed by atoms with Crippen molar-refractivity contribution in [2.75, 3.05) is 0 Å². The Bertz CT molecular complexity index is 305. The second-order valence-electron chi connectivity index (χ2n) is 6.22. The van der Waals surface area contributed by atoms with Gasteiger partial charge >= 0.3 is 11.9 Å². The predicted molar refractivity (Wildman–Crippen MR) is 62.8 cm³/mol. The first kappa shape index (κ1) is 14.0. The van der Waals surface area contributed by atoms with E-state index in [9.17, 15) is 9.59 Å². The van der Waals surface area contributed by atoms with Crippen LogP contribution >= 0.6 is 0 Å². The maximum Gasteiger partial charge on any atom is 0.318 e. The van der Waals surface area contributed by atoms with Crippen molar-refractivity contribution in [2.45, 2.75) is 51.6 Å². The van der Waals surface area contributed by atoms with Crippen molar-refractivity contribution in [2.24, 2.45) is 11.8 Å². The van der Waals surface area contributed by atoms with E-state index in [0.717, 1.165) is 0 Å². The van der Waals surface area contributed by atoms with E-state index in [0.29, 0.717) is 12.8 Å². The van der Waals surface area contributed by atoms with Crippen molar-refractivity contribution in [3.63, 3.8) is 0 Å². The fraction of sp³-hybridized carbons (Fsp3) is 0.833. The SMILES string of the molecule is CC1(C)CC(C(C(=O)O)C(=O)O)CC(C)(C)N1. The fourth-order valence-electron chi connectivity index (χ4n) is 3.15. The zero-order valence-corrected chi connectivity index (χ0v) is 10.8. The molecule has 3 N–H and O–H groups in total. The van der Waals surface area contributed by atoms with Crippen molar-refractivity contribution in [3.8, 4) is 0 Å². The van der Waals surface area contributed by atoms with Gasteiger partial charge in [0.25, 0.3) is 0 Å². The highest BCUT2D eigenvalue weighted by molar-refractivity contribution is 5.93. The monoisotopic (exact) mass is 243 g/mol. The molecule has 17 heavy (non-hydrogen) atoms. The third-order valence-corrected chi connectivity index (χ3v) is 3.23. The number of hydrogen-bond acceptors (Lipinski definition) is 3. The molecule has 1 aliphatic rings. The third-order valence-electron chi connectivity index (χ3n) is 3.23. The van der Waals surface area contributed by atoms with E-state index >= 15 is 0 Å². The third kappa shape index (κ3) is 3.43. The van der Waals surface area contributed by atoms with Crippen molar-refractivity contribution in [3.05, 3.63) is 0 Å². The summed E-state index contributed by atoms with van der Waals surface area (Å²) in [5, 5.41) is 21.5. The van der Waals surface area contributed by atoms with E-state index in [-0.39, 0.29) is 17.0 Å². The minimum Gasteiger partial charge on any atom is -0.481 e. The first-order valence-electron chi connectivity index (χ1n) is 5.79. The minimum atomic E-state index is -1.31. The van der Waals surface area contributed by atoms with Crippen LogP contribution < -0.4 is 5.32 Å². The molecule has 0 aliphatic carbocycles. The fourth-order valence-corrected chi connectivity index (χ4v) is 3.15. The molecular formula is C12H21NO4. The standard InChI is InChI=1S/C12H21NO4/c1-11(2)5-7(6-12(3,4)13-11)8(9(14)15)10(16)17/h7-8,13H,5-6H2,1-4H3,(H,14,15)(H,16,17). The van der Waals surface area contributed by atoms with Gasteiger partial charge in [-0.15, -0.1) is 0 Å². The number of hydrogen-bond donors (Lipinski definition) is 3. The summed E-state index contributed by atoms with van der Waals surface area (Å²) in [4.78, 5) is 22.1. The first-order chi connectivity index (χ1) is 7.54. The Morgan fingerprint density at radius 2 is 1.41 bits per heavy atom. The maximum atomic E-state index is 11.1. The lowest BCUT2D eigenvalue weighted by Crippen LogP contribution is -2.59. The molecule has 0 aromatic heterocycles. The van der Waals surface area contributed by atoms with Crippen LogP contribution in [0.2, 0.25) is 0 Å². The number of rotatable bonds is 3. The van der Waals surface area contributed by atoms with E-state index in [1.54, 1.807) is 0 Å². The summed E-state index contributed by atoms with van der Waals surface area (Å²) < 4.78 is 0. The van der Waals surface area contributed by atoms with Gasteiger partial charge in [0.1, 0.15) is 0 Å². The highest BCUT2D eigenvalue weighted by Crippen LogP contribution is 2.37. The maximum absolute atomic E-state index is 11.1. The number of nitrogens with one attached hydrogen (secondary N) is 1. The quantitative estimate of drug-likeness (QED) is 0.651. The number of carboxylic acids is 2. The highest BCUT2D eigenvalue weighted by atomic mass is 16.4. The van der Waals surface area contributed by atoms with Crippen LogP contribution in [0.1, 0.15) is 40.5 Å². The Labute approximate surface area is 101 Å². The second kappa shape index (κ2) is 4.29. The molecule has 1 rings (SSSR count). The first-order valence-corrected chi connectivity index (χ1v) is 5.79. The normalized spacial score (nSPS) is 23.6. The molecule has 0 unspecified atom stereocenters. The number of carbonyl (C=O) groups is 2. The van der Waals surface area contributed by atoms with Gasteiger partial charge < -0.3 is 15.5 Å². The average Bonchev–Trinajstić information content (AvgIpc) is 1.93. The molecule has 5 heteroatoms. The molecule has 0 amide bonds. The smallest absolute Gasteiger partial charge is 0.318 e. The predicted octanol–water partition coefficient (Wildman–Crippen LogP) is 1.33. The number of carboxylic acid groups (broad SMARTS) is 2. The summed E-state index contributed by atoms with van der Waals surface area (Å²) in [5.74, 6) is -4.13. The van der Waals surface area contributed by atoms with Crippen LogP contribution in [0.25, 0.3) is 0 Å². The van der Waals surface area contributed by atoms with Crippen LogP contribution in [0.15, 0.2) is 0 Å². The van der Waals surface area contributed by atoms with E-state index < -0.39 is 17.9 Å². The molecule has 0 aromatic rings. The van der Waals surface area contributed by atoms with Gasteiger partial charge in [-0.05, 0) is 46.5 Å². The van der Waals surface area contributed by atoms with Gasteiger partial charge in [0.2, 0.25) is 0 Å². The lowest BCUT2D eigenvalue weighted by atomic mass is 9.71. The lowest BCUT2D eigenvalue weighted by molar-refractivity contribution is -0.158. The minimum absolute atomic E-state index is 0.241. The lowest BCUT2D eigenvalue weighted by Gasteiger charge is -2.47. The molecule has 0 spiro atoms. The van der Waals surface area contributed by atoms with Gasteiger partial charge in [0.15, 0.2) is 5.92 Å². The topological polar surface area (TPSA) is 86.6 Å². The zero-order valence-electron chi connectivity index (χ0n) is 10.8. The van der Waals surface area contributed by atoms with Gasteiger partial charge in [-0.1, -0.05) is 0 Å². The Morgan fingerprint density at radius 1 is 1.06 bits per heavy atom. The van der Waals surface area contributed by atoms with Gasteiger partial charge in [0.05, 0.1) is 0 Å². The second-order valence-corrected chi connectivity index (χ2v) is 6.22. The van der Waals surface area contributed by atoms with E-state index in [1.165, 1.54) is 0 Å². The largest absolute Gasteiger partial charge is 0.481 e. The molecule has 0 aromatic carbocycles. The van der Waals surface area contributed by atoms with Crippen LogP contribution in [-0.2, 0) is 9.59 Å². The van der Waals surface area contributed by atoms with Crippen molar-refractivity contribution < 1.29 is 19.8 Å². The van der Waals surface area contributed by atoms with Crippen LogP contribution in [0.5, 0.6) is 0 Å². The molecule has 0 radical (unpaired) electrons. The molecule has 0 bridgehead atoms. The van der Waals surface area contributed by atoms with E-state index in [1.807, 2.05) is 27.7 Å². The molecule has 98 valence electrons. The molecule has 0 atom stereocenters. The molecule has 1 saturated heterocycles. The van der Waals surface area contributed by atoms with Crippen LogP contribution in [0.4, 0.5) is 0 Å². The Morgan fingerprint density at radius 3 is 1.71 bits per heavy atom. The molecule has 1 aliphatic heterocycles. The summed E-state index contributed by atoms with van der Waals surface area (Å²) >= 11 is 0. The Balaban J connectivity index is 2.96. The molecule has 1 heterocycles. The van der Waals surface area contributed by atoms with Crippen LogP contribution in [0.3, 0.4) is 0 Å². The number of piperidine rings is 1. The van der Waals surface area contributed by atoms with E-state index in [2.05, 4.69) is 5.32 Å². The highest BCUT2D eigenvalue weighted by Gasteiger charge is 2.45. The summed E-state index contributed by atoms with van der Waals surface area (Å²) in [5.41, 5.74) is -0.481. The van der Waals surface area contributed by atoms with Crippen LogP contribution in [0, 0.1) is 11.8 Å². The summed E-state index contributed by atoms with van der Waals surface area (Å²) in [6.07, 6.45) is 1.11. The van der Waals surface area contributed by atoms with Crippen LogP contribution in [-0.4, -0.2) is 33.2 Å². The van der Waals surface area contributed by atoms with Gasteiger partial charge in [-0.25, -0.2) is 0 Å². The summed E-state index contributed by atoms with van der Waals surface area (Å²) in [6.45, 7) is 7.90. The van der Waals surface area contributed by atoms with Gasteiger partial charge in [0, 0.05) is 11.1 Å². The zero-order chi connectivity index (χ0) is 13.4. The number of aliphatic carboxylic acids is 2. The summed E-state index contributed by atoms with van der Waals surface area (Å²) in [7, 11) is 0. The van der Waals surface area contributed by atoms with E-state index in [4.69, 9.17) is 10.2 Å². The molecular weight excluding hydrogens is 222 g/mol. The average molecular weight is 243 g/mol. The summed E-state index contributed by atoms with van der Waals surface area (Å²) in [6, 6.07) is 0. The van der Waals surface area contributed by atoms with Crippen molar-refractivity contribution >= 4 is 11.9 Å². The molecule has 5 nitrogen and oxygen atoms in total. The molecule has 0 saturated carbocycles. The Kier molecular flexibility index (Phi) is 3.52.